The van der Waals surface area contributed by atoms with Gasteiger partial charge in [-0.25, -0.2) is 0 Å². The summed E-state index contributed by atoms with van der Waals surface area (Å²) in [6, 6.07) is 3.80. The largest absolute Gasteiger partial charge is 0.492 e. The van der Waals surface area contributed by atoms with Gasteiger partial charge < -0.3 is 9.47 Å². The lowest BCUT2D eigenvalue weighted by Gasteiger charge is -2.11. The summed E-state index contributed by atoms with van der Waals surface area (Å²) in [4.78, 5) is 0. The first-order chi connectivity index (χ1) is 11.6. The van der Waals surface area contributed by atoms with Gasteiger partial charge in [-0.3, -0.25) is 5.10 Å². The van der Waals surface area contributed by atoms with Crippen molar-refractivity contribution in [2.24, 2.45) is 5.10 Å². The zero-order valence-electron chi connectivity index (χ0n) is 14.0. The number of rotatable bonds is 8. The van der Waals surface area contributed by atoms with Gasteiger partial charge >= 0.3 is 0 Å². The number of benzene rings is 1. The number of methoxy groups -OCH3 is 1. The lowest BCUT2D eigenvalue weighted by atomic mass is 10.2. The van der Waals surface area contributed by atoms with Crippen LogP contribution in [-0.4, -0.2) is 34.8 Å². The van der Waals surface area contributed by atoms with Gasteiger partial charge in [-0.1, -0.05) is 13.3 Å². The van der Waals surface area contributed by atoms with Crippen LogP contribution in [0, 0.1) is 4.77 Å². The highest BCUT2D eigenvalue weighted by Gasteiger charge is 2.11. The van der Waals surface area contributed by atoms with Gasteiger partial charge in [0.25, 0.3) is 0 Å². The van der Waals surface area contributed by atoms with E-state index in [9.17, 15) is 0 Å². The molecule has 0 aliphatic carbocycles. The number of aromatic nitrogens is 3. The number of nitrogens with zero attached hydrogens (tertiary/aromatic N) is 3. The van der Waals surface area contributed by atoms with Crippen molar-refractivity contribution >= 4 is 34.4 Å². The van der Waals surface area contributed by atoms with E-state index in [0.29, 0.717) is 22.9 Å². The Balaban J connectivity index is 2.32. The van der Waals surface area contributed by atoms with Gasteiger partial charge in [0.15, 0.2) is 17.3 Å². The van der Waals surface area contributed by atoms with Crippen molar-refractivity contribution in [2.45, 2.75) is 33.1 Å². The fourth-order valence-corrected chi connectivity index (χ4v) is 3.01. The average Bonchev–Trinajstić information content (AvgIpc) is 2.91. The molecule has 0 spiro atoms. The molecule has 0 aliphatic heterocycles. The van der Waals surface area contributed by atoms with Crippen LogP contribution in [0.25, 0.3) is 0 Å². The van der Waals surface area contributed by atoms with Crippen LogP contribution in [0.15, 0.2) is 21.7 Å². The van der Waals surface area contributed by atoms with Crippen LogP contribution in [0.5, 0.6) is 11.5 Å². The SMILES string of the molecule is CCCCc1n[nH]c(=S)n1/N=C\c1cc(Br)c(OC)c(OCC)c1. The number of ether oxygens (including phenoxy) is 2. The van der Waals surface area contributed by atoms with E-state index in [2.05, 4.69) is 38.2 Å². The molecule has 6 nitrogen and oxygen atoms in total. The lowest BCUT2D eigenvalue weighted by molar-refractivity contribution is 0.310. The fourth-order valence-electron chi connectivity index (χ4n) is 2.19. The Bertz CT molecular complexity index is 770. The maximum Gasteiger partial charge on any atom is 0.216 e. The van der Waals surface area contributed by atoms with E-state index in [1.54, 1.807) is 18.0 Å². The third kappa shape index (κ3) is 4.45. The van der Waals surface area contributed by atoms with E-state index in [-0.39, 0.29) is 0 Å². The monoisotopic (exact) mass is 412 g/mol. The van der Waals surface area contributed by atoms with E-state index in [0.717, 1.165) is 35.1 Å². The minimum atomic E-state index is 0.481. The number of H-pyrrole nitrogens is 1. The number of nitrogens with one attached hydrogen (secondary N) is 1. The zero-order chi connectivity index (χ0) is 17.5. The zero-order valence-corrected chi connectivity index (χ0v) is 16.4. The lowest BCUT2D eigenvalue weighted by Crippen LogP contribution is -2.00. The minimum Gasteiger partial charge on any atom is -0.492 e. The van der Waals surface area contributed by atoms with Crippen LogP contribution in [0.2, 0.25) is 0 Å². The molecule has 0 radical (unpaired) electrons. The summed E-state index contributed by atoms with van der Waals surface area (Å²) in [7, 11) is 1.61. The summed E-state index contributed by atoms with van der Waals surface area (Å²) in [5.74, 6) is 2.16. The molecule has 1 N–H and O–H groups in total. The van der Waals surface area contributed by atoms with Crippen molar-refractivity contribution in [3.63, 3.8) is 0 Å². The topological polar surface area (TPSA) is 64.4 Å². The summed E-state index contributed by atoms with van der Waals surface area (Å²) in [6.45, 7) is 4.62. The number of unbranched alkanes of at least 4 members (excludes halogenated alkanes) is 1. The predicted octanol–water partition coefficient (Wildman–Crippen LogP) is 4.34. The molecule has 0 amide bonds. The number of hydrogen-bond acceptors (Lipinski definition) is 5. The molecule has 0 fully saturated rings. The third-order valence-corrected chi connectivity index (χ3v) is 4.18. The van der Waals surface area contributed by atoms with Gasteiger partial charge in [0.1, 0.15) is 0 Å². The molecule has 1 aromatic carbocycles. The van der Waals surface area contributed by atoms with Crippen LogP contribution >= 0.6 is 28.1 Å². The van der Waals surface area contributed by atoms with E-state index >= 15 is 0 Å². The molecule has 24 heavy (non-hydrogen) atoms. The second kappa shape index (κ2) is 8.98. The first-order valence-electron chi connectivity index (χ1n) is 7.81. The average molecular weight is 413 g/mol. The molecule has 130 valence electrons. The van der Waals surface area contributed by atoms with Crippen LogP contribution < -0.4 is 9.47 Å². The predicted molar refractivity (Wildman–Crippen MR) is 101 cm³/mol. The van der Waals surface area contributed by atoms with E-state index < -0.39 is 0 Å². The molecule has 0 atom stereocenters. The Hall–Kier alpha value is -1.67. The van der Waals surface area contributed by atoms with Gasteiger partial charge in [-0.2, -0.15) is 14.9 Å². The van der Waals surface area contributed by atoms with Gasteiger partial charge in [0.05, 0.1) is 24.4 Å². The van der Waals surface area contributed by atoms with Crippen molar-refractivity contribution in [3.05, 3.63) is 32.8 Å². The van der Waals surface area contributed by atoms with Gasteiger partial charge in [-0.05, 0) is 59.2 Å². The fraction of sp³-hybridized carbons (Fsp3) is 0.438. The summed E-state index contributed by atoms with van der Waals surface area (Å²) in [6.07, 6.45) is 4.69. The number of aromatic amines is 1. The Morgan fingerprint density at radius 1 is 1.42 bits per heavy atom. The number of halogens is 1. The minimum absolute atomic E-state index is 0.481. The molecule has 1 aromatic heterocycles. The molecule has 0 saturated heterocycles. The smallest absolute Gasteiger partial charge is 0.216 e. The van der Waals surface area contributed by atoms with Crippen molar-refractivity contribution in [2.75, 3.05) is 13.7 Å². The maximum atomic E-state index is 5.62. The Kier molecular flexibility index (Phi) is 6.99. The Labute approximate surface area is 155 Å². The normalized spacial score (nSPS) is 11.2. The van der Waals surface area contributed by atoms with Gasteiger partial charge in [0.2, 0.25) is 4.77 Å². The molecular formula is C16H21BrN4O2S. The molecule has 1 heterocycles. The Morgan fingerprint density at radius 3 is 2.88 bits per heavy atom. The first kappa shape index (κ1) is 18.7. The molecular weight excluding hydrogens is 392 g/mol. The summed E-state index contributed by atoms with van der Waals surface area (Å²) in [5.41, 5.74) is 0.871. The first-order valence-corrected chi connectivity index (χ1v) is 9.01. The number of aryl methyl sites for hydroxylation is 1. The molecule has 2 aromatic rings. The second-order valence-corrected chi connectivity index (χ2v) is 6.31. The quantitative estimate of drug-likeness (QED) is 0.517. The summed E-state index contributed by atoms with van der Waals surface area (Å²) < 4.78 is 13.9. The van der Waals surface area contributed by atoms with Crippen molar-refractivity contribution in [1.29, 1.82) is 0 Å². The van der Waals surface area contributed by atoms with E-state index in [1.165, 1.54) is 0 Å². The highest BCUT2D eigenvalue weighted by molar-refractivity contribution is 9.10. The highest BCUT2D eigenvalue weighted by Crippen LogP contribution is 2.36. The third-order valence-electron chi connectivity index (χ3n) is 3.33. The van der Waals surface area contributed by atoms with E-state index in [4.69, 9.17) is 21.7 Å². The van der Waals surface area contributed by atoms with E-state index in [1.807, 2.05) is 19.1 Å². The highest BCUT2D eigenvalue weighted by atomic mass is 79.9. The number of hydrogen-bond donors (Lipinski definition) is 1. The van der Waals surface area contributed by atoms with Crippen LogP contribution in [-0.2, 0) is 6.42 Å². The molecule has 0 bridgehead atoms. The van der Waals surface area contributed by atoms with Gasteiger partial charge in [0, 0.05) is 6.42 Å². The molecule has 2 rings (SSSR count). The molecule has 0 saturated carbocycles. The Morgan fingerprint density at radius 2 is 2.21 bits per heavy atom. The summed E-state index contributed by atoms with van der Waals surface area (Å²) in [5, 5.41) is 11.5. The molecule has 8 heteroatoms. The maximum absolute atomic E-state index is 5.62. The van der Waals surface area contributed by atoms with Crippen molar-refractivity contribution < 1.29 is 9.47 Å². The van der Waals surface area contributed by atoms with Crippen LogP contribution in [0.4, 0.5) is 0 Å². The summed E-state index contributed by atoms with van der Waals surface area (Å²) >= 11 is 8.75. The molecule has 0 unspecified atom stereocenters. The van der Waals surface area contributed by atoms with Crippen LogP contribution in [0.1, 0.15) is 38.1 Å². The molecule has 0 aliphatic rings. The van der Waals surface area contributed by atoms with Crippen LogP contribution in [0.3, 0.4) is 0 Å². The van der Waals surface area contributed by atoms with Gasteiger partial charge in [-0.15, -0.1) is 0 Å². The van der Waals surface area contributed by atoms with Crippen molar-refractivity contribution in [3.8, 4) is 11.5 Å². The second-order valence-electron chi connectivity index (χ2n) is 5.07. The van der Waals surface area contributed by atoms with Crippen molar-refractivity contribution in [1.82, 2.24) is 14.9 Å². The standard InChI is InChI=1S/C16H21BrN4O2S/c1-4-6-7-14-19-20-16(24)21(14)18-10-11-8-12(17)15(22-3)13(9-11)23-5-2/h8-10H,4-7H2,1-3H3,(H,20,24)/b18-10-.